The van der Waals surface area contributed by atoms with Gasteiger partial charge in [0.05, 0.1) is 64.6 Å². The average Bonchev–Trinajstić information content (AvgIpc) is 4.09. The Morgan fingerprint density at radius 2 is 1.19 bits per heavy atom. The van der Waals surface area contributed by atoms with E-state index in [1.54, 1.807) is 41.5 Å². The van der Waals surface area contributed by atoms with Crippen LogP contribution in [0.1, 0.15) is 99.3 Å². The van der Waals surface area contributed by atoms with E-state index in [4.69, 9.17) is 14.2 Å². The van der Waals surface area contributed by atoms with Gasteiger partial charge in [-0.2, -0.15) is 0 Å². The summed E-state index contributed by atoms with van der Waals surface area (Å²) in [6.07, 6.45) is 0.00682. The minimum Gasteiger partial charge on any atom is -0.469 e. The molecular weight excluding hydrogens is 998 g/mol. The number of methoxy groups -OCH3 is 5. The van der Waals surface area contributed by atoms with Crippen LogP contribution < -0.4 is 16.0 Å². The number of halogens is 1. The third kappa shape index (κ3) is 20.0. The van der Waals surface area contributed by atoms with E-state index in [-0.39, 0.29) is 93.1 Å². The van der Waals surface area contributed by atoms with Gasteiger partial charge in [-0.25, -0.2) is 19.4 Å². The number of carbonyl (C=O) groups is 13. The SMILES string of the molecule is COC(=O)C1CC(=O)N(C(=O)OC(C)(C)C)C1.COC(=O)C1CNC(=O)C1.COC(=O)CCBr.COC(=O)CCC1(C(=O)OC)CC(=O)N(C(=O)OC(C)(C)C)C1.O=C1CC2(CCC(=O)NC2=O)CN1. The Balaban J connectivity index is 0.000000461. The molecule has 8 amide bonds. The Morgan fingerprint density at radius 3 is 1.61 bits per heavy atom. The molecule has 0 saturated carbocycles. The van der Waals surface area contributed by atoms with Gasteiger partial charge in [0, 0.05) is 70.0 Å². The van der Waals surface area contributed by atoms with Crippen LogP contribution >= 0.6 is 15.9 Å². The molecule has 4 atom stereocenters. The molecule has 5 aliphatic rings. The zero-order valence-electron chi connectivity index (χ0n) is 41.5. The van der Waals surface area contributed by atoms with Crippen molar-refractivity contribution in [1.82, 2.24) is 25.8 Å². The first-order valence-electron chi connectivity index (χ1n) is 21.8. The first-order valence-corrected chi connectivity index (χ1v) is 23.0. The molecule has 0 aliphatic carbocycles. The maximum Gasteiger partial charge on any atom is 0.417 e. The molecule has 0 aromatic heterocycles. The molecule has 394 valence electrons. The summed E-state index contributed by atoms with van der Waals surface area (Å²) >= 11 is 3.09. The van der Waals surface area contributed by atoms with E-state index in [0.29, 0.717) is 37.7 Å². The van der Waals surface area contributed by atoms with Crippen LogP contribution in [0.15, 0.2) is 0 Å². The van der Waals surface area contributed by atoms with Gasteiger partial charge in [-0.3, -0.25) is 58.1 Å². The van der Waals surface area contributed by atoms with E-state index in [2.05, 4.69) is 50.8 Å². The average molecular weight is 1060 g/mol. The zero-order chi connectivity index (χ0) is 53.8. The Hall–Kier alpha value is -6.21. The predicted molar refractivity (Wildman–Crippen MR) is 242 cm³/mol. The lowest BCUT2D eigenvalue weighted by molar-refractivity contribution is -0.154. The Kier molecular flexibility index (Phi) is 24.6. The van der Waals surface area contributed by atoms with Crippen LogP contribution in [0.3, 0.4) is 0 Å². The van der Waals surface area contributed by atoms with Crippen LogP contribution in [0.4, 0.5) is 9.59 Å². The Morgan fingerprint density at radius 1 is 0.643 bits per heavy atom. The number of piperidine rings is 1. The van der Waals surface area contributed by atoms with Crippen molar-refractivity contribution in [1.29, 1.82) is 0 Å². The summed E-state index contributed by atoms with van der Waals surface area (Å²) in [5.41, 5.74) is -3.33. The number of nitrogens with one attached hydrogen (secondary N) is 3. The van der Waals surface area contributed by atoms with Gasteiger partial charge in [0.2, 0.25) is 35.4 Å². The molecular formula is C44H66BrN5O20. The molecule has 0 bridgehead atoms. The third-order valence-electron chi connectivity index (χ3n) is 10.5. The van der Waals surface area contributed by atoms with Crippen molar-refractivity contribution < 1.29 is 95.5 Å². The van der Waals surface area contributed by atoms with Gasteiger partial charge < -0.3 is 43.8 Å². The van der Waals surface area contributed by atoms with Gasteiger partial charge in [0.25, 0.3) is 0 Å². The highest BCUT2D eigenvalue weighted by molar-refractivity contribution is 9.09. The summed E-state index contributed by atoms with van der Waals surface area (Å²) in [6, 6.07) is 0. The molecule has 5 saturated heterocycles. The van der Waals surface area contributed by atoms with Gasteiger partial charge in [-0.05, 0) is 54.4 Å². The number of hydrogen-bond acceptors (Lipinski definition) is 20. The summed E-state index contributed by atoms with van der Waals surface area (Å²) in [4.78, 5) is 149. The highest BCUT2D eigenvalue weighted by Gasteiger charge is 2.53. The highest BCUT2D eigenvalue weighted by atomic mass is 79.9. The smallest absolute Gasteiger partial charge is 0.417 e. The molecule has 0 aromatic rings. The Bertz CT molecular complexity index is 1980. The van der Waals surface area contributed by atoms with Crippen molar-refractivity contribution in [2.24, 2.45) is 22.7 Å². The number of alkyl halides is 1. The van der Waals surface area contributed by atoms with E-state index >= 15 is 0 Å². The van der Waals surface area contributed by atoms with E-state index in [9.17, 15) is 62.3 Å². The highest BCUT2D eigenvalue weighted by Crippen LogP contribution is 2.38. The first kappa shape index (κ1) is 61.8. The quantitative estimate of drug-likeness (QED) is 0.134. The lowest BCUT2D eigenvalue weighted by Crippen LogP contribution is -2.49. The van der Waals surface area contributed by atoms with Crippen molar-refractivity contribution in [2.75, 3.05) is 67.1 Å². The Labute approximate surface area is 413 Å². The fourth-order valence-corrected chi connectivity index (χ4v) is 7.17. The predicted octanol–water partition coefficient (Wildman–Crippen LogP) is 1.38. The largest absolute Gasteiger partial charge is 0.469 e. The minimum atomic E-state index is -1.25. The molecule has 25 nitrogen and oxygen atoms in total. The lowest BCUT2D eigenvalue weighted by Gasteiger charge is -2.29. The van der Waals surface area contributed by atoms with Crippen LogP contribution in [0, 0.1) is 22.7 Å². The molecule has 5 fully saturated rings. The number of likely N-dealkylation sites (tertiary alicyclic amines) is 2. The zero-order valence-corrected chi connectivity index (χ0v) is 43.1. The van der Waals surface area contributed by atoms with Crippen molar-refractivity contribution >= 4 is 93.4 Å². The van der Waals surface area contributed by atoms with Gasteiger partial charge >= 0.3 is 42.0 Å². The van der Waals surface area contributed by atoms with Gasteiger partial charge in [-0.15, -0.1) is 0 Å². The van der Waals surface area contributed by atoms with Crippen LogP contribution in [0.5, 0.6) is 0 Å². The molecule has 5 aliphatic heterocycles. The molecule has 3 N–H and O–H groups in total. The normalized spacial score (nSPS) is 22.3. The number of imide groups is 3. The van der Waals surface area contributed by atoms with E-state index in [1.807, 2.05) is 0 Å². The van der Waals surface area contributed by atoms with Crippen molar-refractivity contribution in [3.05, 3.63) is 0 Å². The second-order valence-electron chi connectivity index (χ2n) is 18.2. The second-order valence-corrected chi connectivity index (χ2v) is 19.0. The summed E-state index contributed by atoms with van der Waals surface area (Å²) in [5.74, 6) is -4.62. The molecule has 0 radical (unpaired) electrons. The maximum absolute atomic E-state index is 12.2. The molecule has 1 spiro atoms. The topological polar surface area (TPSA) is 329 Å². The number of esters is 5. The van der Waals surface area contributed by atoms with E-state index in [0.717, 1.165) is 9.80 Å². The monoisotopic (exact) mass is 1060 g/mol. The minimum absolute atomic E-state index is 0.00802. The van der Waals surface area contributed by atoms with Crippen LogP contribution in [0.2, 0.25) is 0 Å². The van der Waals surface area contributed by atoms with Crippen LogP contribution in [-0.4, -0.2) is 166 Å². The molecule has 5 heterocycles. The first-order chi connectivity index (χ1) is 32.5. The van der Waals surface area contributed by atoms with E-state index in [1.165, 1.54) is 35.5 Å². The second kappa shape index (κ2) is 27.8. The summed E-state index contributed by atoms with van der Waals surface area (Å²) in [5, 5.41) is 8.10. The lowest BCUT2D eigenvalue weighted by atomic mass is 9.79. The number of rotatable bonds is 8. The number of ether oxygens (including phenoxy) is 7. The number of hydrogen-bond donors (Lipinski definition) is 3. The summed E-state index contributed by atoms with van der Waals surface area (Å²) < 4.78 is 32.9. The summed E-state index contributed by atoms with van der Waals surface area (Å²) in [7, 11) is 6.39. The van der Waals surface area contributed by atoms with Gasteiger partial charge in [0.1, 0.15) is 11.2 Å². The fraction of sp³-hybridized carbons (Fsp3) is 0.705. The standard InChI is InChI=1S/C15H23NO7.C11H17NO5.C8H10N2O3.C6H9NO3.C4H7BrO2/c1-14(2,3)23-13(20)16-9-15(8-10(16)17,12(19)22-5)7-6-11(18)21-4;1-11(2,3)17-10(15)12-6-7(5-8(12)13)9(14)16-4;11-5-1-2-8(7(13)10-5)3-6(12)9-4-8;1-10-6(9)4-2-5(8)7-3-4;1-7-4(6)2-3-5/h6-9H2,1-5H3;7H,5-6H2,1-4H3;1-4H2,(H,9,12)(H,10,11,13);4H,2-3H2,1H3,(H,7,8);2-3H2,1H3. The maximum atomic E-state index is 12.2. The van der Waals surface area contributed by atoms with Crippen molar-refractivity contribution in [3.8, 4) is 0 Å². The van der Waals surface area contributed by atoms with Gasteiger partial charge in [-0.1, -0.05) is 15.9 Å². The van der Waals surface area contributed by atoms with Crippen molar-refractivity contribution in [2.45, 2.75) is 111 Å². The number of carbonyl (C=O) groups excluding carboxylic acids is 13. The third-order valence-corrected chi connectivity index (χ3v) is 10.9. The van der Waals surface area contributed by atoms with Crippen LogP contribution in [0.25, 0.3) is 0 Å². The van der Waals surface area contributed by atoms with Gasteiger partial charge in [0.15, 0.2) is 0 Å². The van der Waals surface area contributed by atoms with E-state index < -0.39 is 69.9 Å². The fourth-order valence-electron chi connectivity index (χ4n) is 6.85. The number of amides is 8. The molecule has 4 unspecified atom stereocenters. The summed E-state index contributed by atoms with van der Waals surface area (Å²) in [6.45, 7) is 10.8. The molecule has 26 heteroatoms. The van der Waals surface area contributed by atoms with Crippen molar-refractivity contribution in [3.63, 3.8) is 0 Å². The number of nitrogens with zero attached hydrogens (tertiary/aromatic N) is 2. The molecule has 0 aromatic carbocycles. The molecule has 70 heavy (non-hydrogen) atoms. The van der Waals surface area contributed by atoms with Crippen LogP contribution in [-0.2, 0) is 85.9 Å². The molecule has 5 rings (SSSR count).